The first kappa shape index (κ1) is 22.6. The number of benzene rings is 2. The highest BCUT2D eigenvalue weighted by Crippen LogP contribution is 2.36. The molecule has 1 aliphatic heterocycles. The fourth-order valence-electron chi connectivity index (χ4n) is 4.44. The predicted octanol–water partition coefficient (Wildman–Crippen LogP) is 4.63. The molecule has 1 atom stereocenters. The summed E-state index contributed by atoms with van der Waals surface area (Å²) in [5, 5.41) is 7.50. The molecule has 0 unspecified atom stereocenters. The second-order valence-corrected chi connectivity index (χ2v) is 9.06. The van der Waals surface area contributed by atoms with Gasteiger partial charge in [0.1, 0.15) is 22.7 Å². The molecule has 3 heterocycles. The fraction of sp³-hybridized carbons (Fsp3) is 0.222. The quantitative estimate of drug-likeness (QED) is 0.459. The Kier molecular flexibility index (Phi) is 5.51. The number of furan rings is 1. The molecule has 2 amide bonds. The molecule has 5 rings (SSSR count). The Hall–Kier alpha value is -4.20. The molecule has 0 fully saturated rings. The van der Waals surface area contributed by atoms with Gasteiger partial charge in [-0.3, -0.25) is 19.2 Å². The van der Waals surface area contributed by atoms with E-state index in [2.05, 4.69) is 10.4 Å². The van der Waals surface area contributed by atoms with Crippen LogP contribution in [0.1, 0.15) is 34.1 Å². The Balaban J connectivity index is 1.56. The molecule has 35 heavy (non-hydrogen) atoms. The maximum atomic E-state index is 13.9. The van der Waals surface area contributed by atoms with Crippen molar-refractivity contribution in [2.45, 2.75) is 39.4 Å². The second-order valence-electron chi connectivity index (χ2n) is 9.06. The van der Waals surface area contributed by atoms with Crippen LogP contribution in [0.25, 0.3) is 11.5 Å². The number of nitrogens with one attached hydrogen (secondary N) is 1. The van der Waals surface area contributed by atoms with E-state index in [-0.39, 0.29) is 30.7 Å². The van der Waals surface area contributed by atoms with E-state index in [4.69, 9.17) is 4.42 Å². The van der Waals surface area contributed by atoms with Gasteiger partial charge in [0.2, 0.25) is 5.91 Å². The van der Waals surface area contributed by atoms with Gasteiger partial charge in [-0.2, -0.15) is 5.10 Å². The minimum absolute atomic E-state index is 0.150. The Labute approximate surface area is 202 Å². The number of nitrogens with zero attached hydrogens (tertiary/aromatic N) is 3. The van der Waals surface area contributed by atoms with Gasteiger partial charge >= 0.3 is 0 Å². The number of fused-ring (bicyclic) bond motifs is 1. The third-order valence-electron chi connectivity index (χ3n) is 6.39. The Morgan fingerprint density at radius 3 is 2.63 bits per heavy atom. The van der Waals surface area contributed by atoms with Crippen molar-refractivity contribution in [2.75, 3.05) is 4.90 Å². The van der Waals surface area contributed by atoms with Crippen molar-refractivity contribution in [1.29, 1.82) is 0 Å². The van der Waals surface area contributed by atoms with E-state index in [1.807, 2.05) is 32.0 Å². The average Bonchev–Trinajstić information content (AvgIpc) is 3.51. The first-order chi connectivity index (χ1) is 16.8. The van der Waals surface area contributed by atoms with Crippen molar-refractivity contribution in [1.82, 2.24) is 15.1 Å². The molecule has 2 aromatic carbocycles. The van der Waals surface area contributed by atoms with Crippen LogP contribution in [0.2, 0.25) is 0 Å². The summed E-state index contributed by atoms with van der Waals surface area (Å²) >= 11 is 0. The van der Waals surface area contributed by atoms with Crippen molar-refractivity contribution in [3.8, 4) is 11.5 Å². The number of aryl methyl sites for hydroxylation is 2. The summed E-state index contributed by atoms with van der Waals surface area (Å²) < 4.78 is 20.3. The van der Waals surface area contributed by atoms with Crippen LogP contribution in [-0.4, -0.2) is 27.1 Å². The number of rotatable bonds is 5. The van der Waals surface area contributed by atoms with Crippen LogP contribution in [0.15, 0.2) is 71.3 Å². The highest BCUT2D eigenvalue weighted by atomic mass is 19.1. The van der Waals surface area contributed by atoms with Crippen molar-refractivity contribution in [3.05, 3.63) is 95.1 Å². The Morgan fingerprint density at radius 2 is 1.91 bits per heavy atom. The SMILES string of the molecule is Cc1ccc(C)c(N2C(=O)c3cc(-c4ccco4)nn3C[C@@]2(C)C(=O)NCc2ccc(F)cc2)c1. The summed E-state index contributed by atoms with van der Waals surface area (Å²) in [6, 6.07) is 17.0. The minimum Gasteiger partial charge on any atom is -0.463 e. The Bertz CT molecular complexity index is 1410. The first-order valence-corrected chi connectivity index (χ1v) is 11.3. The van der Waals surface area contributed by atoms with Gasteiger partial charge in [0.25, 0.3) is 5.91 Å². The van der Waals surface area contributed by atoms with Gasteiger partial charge < -0.3 is 9.73 Å². The van der Waals surface area contributed by atoms with Crippen LogP contribution in [0.3, 0.4) is 0 Å². The van der Waals surface area contributed by atoms with Crippen LogP contribution in [-0.2, 0) is 17.9 Å². The lowest BCUT2D eigenvalue weighted by atomic mass is 9.92. The predicted molar refractivity (Wildman–Crippen MR) is 129 cm³/mol. The number of hydrogen-bond donors (Lipinski definition) is 1. The Morgan fingerprint density at radius 1 is 1.14 bits per heavy atom. The first-order valence-electron chi connectivity index (χ1n) is 11.3. The van der Waals surface area contributed by atoms with Gasteiger partial charge in [0.15, 0.2) is 5.76 Å². The largest absolute Gasteiger partial charge is 0.463 e. The monoisotopic (exact) mass is 472 g/mol. The number of carbonyl (C=O) groups excluding carboxylic acids is 2. The molecule has 4 aromatic rings. The molecule has 178 valence electrons. The number of aromatic nitrogens is 2. The lowest BCUT2D eigenvalue weighted by molar-refractivity contribution is -0.126. The topological polar surface area (TPSA) is 80.4 Å². The second kappa shape index (κ2) is 8.54. The van der Waals surface area contributed by atoms with Gasteiger partial charge in [-0.15, -0.1) is 0 Å². The van der Waals surface area contributed by atoms with Gasteiger partial charge in [-0.1, -0.05) is 24.3 Å². The molecule has 8 heteroatoms. The normalized spacial score (nSPS) is 17.4. The molecule has 0 radical (unpaired) electrons. The van der Waals surface area contributed by atoms with Crippen molar-refractivity contribution >= 4 is 17.5 Å². The van der Waals surface area contributed by atoms with Crippen LogP contribution < -0.4 is 10.2 Å². The van der Waals surface area contributed by atoms with E-state index in [1.165, 1.54) is 12.1 Å². The maximum Gasteiger partial charge on any atom is 0.277 e. The number of carbonyl (C=O) groups is 2. The number of halogens is 1. The van der Waals surface area contributed by atoms with Crippen molar-refractivity contribution in [2.24, 2.45) is 0 Å². The van der Waals surface area contributed by atoms with E-state index < -0.39 is 5.54 Å². The van der Waals surface area contributed by atoms with E-state index in [0.29, 0.717) is 22.8 Å². The smallest absolute Gasteiger partial charge is 0.277 e. The van der Waals surface area contributed by atoms with E-state index >= 15 is 0 Å². The maximum absolute atomic E-state index is 13.9. The molecule has 0 spiro atoms. The number of anilines is 1. The summed E-state index contributed by atoms with van der Waals surface area (Å²) in [4.78, 5) is 29.2. The standard InChI is InChI=1S/C27H25FN4O3/c1-17-6-7-18(2)22(13-17)32-25(33)23-14-21(24-5-4-12-35-24)30-31(23)16-27(32,3)26(34)29-15-19-8-10-20(28)11-9-19/h4-14H,15-16H2,1-3H3,(H,29,34)/t27-/m0/s1. The summed E-state index contributed by atoms with van der Waals surface area (Å²) in [5.74, 6) is -0.462. The van der Waals surface area contributed by atoms with Crippen LogP contribution in [0.4, 0.5) is 10.1 Å². The fourth-order valence-corrected chi connectivity index (χ4v) is 4.44. The van der Waals surface area contributed by atoms with Crippen LogP contribution in [0, 0.1) is 19.7 Å². The molecular weight excluding hydrogens is 447 g/mol. The summed E-state index contributed by atoms with van der Waals surface area (Å²) in [5.41, 5.74) is 2.90. The lowest BCUT2D eigenvalue weighted by Crippen LogP contribution is -2.64. The van der Waals surface area contributed by atoms with Gasteiger partial charge in [-0.25, -0.2) is 4.39 Å². The minimum atomic E-state index is -1.27. The highest BCUT2D eigenvalue weighted by Gasteiger charge is 2.49. The molecule has 0 saturated heterocycles. The third kappa shape index (κ3) is 4.01. The zero-order chi connectivity index (χ0) is 24.7. The number of amides is 2. The molecule has 2 aromatic heterocycles. The zero-order valence-electron chi connectivity index (χ0n) is 19.7. The van der Waals surface area contributed by atoms with Crippen molar-refractivity contribution < 1.29 is 18.4 Å². The molecule has 0 bridgehead atoms. The zero-order valence-corrected chi connectivity index (χ0v) is 19.7. The third-order valence-corrected chi connectivity index (χ3v) is 6.39. The summed E-state index contributed by atoms with van der Waals surface area (Å²) in [6.45, 7) is 5.95. The van der Waals surface area contributed by atoms with Gasteiger partial charge in [0, 0.05) is 18.3 Å². The van der Waals surface area contributed by atoms with E-state index in [1.54, 1.807) is 53.1 Å². The molecule has 0 saturated carbocycles. The average molecular weight is 473 g/mol. The van der Waals surface area contributed by atoms with Gasteiger partial charge in [0.05, 0.1) is 12.8 Å². The summed E-state index contributed by atoms with van der Waals surface area (Å²) in [7, 11) is 0. The molecule has 1 aliphatic rings. The lowest BCUT2D eigenvalue weighted by Gasteiger charge is -2.43. The van der Waals surface area contributed by atoms with Crippen LogP contribution in [0.5, 0.6) is 0 Å². The molecule has 0 aliphatic carbocycles. The molecule has 7 nitrogen and oxygen atoms in total. The van der Waals surface area contributed by atoms with E-state index in [9.17, 15) is 14.0 Å². The molecular formula is C27H25FN4O3. The van der Waals surface area contributed by atoms with Gasteiger partial charge in [-0.05, 0) is 67.8 Å². The molecule has 1 N–H and O–H groups in total. The highest BCUT2D eigenvalue weighted by molar-refractivity contribution is 6.12. The number of hydrogen-bond acceptors (Lipinski definition) is 4. The summed E-state index contributed by atoms with van der Waals surface area (Å²) in [6.07, 6.45) is 1.55. The van der Waals surface area contributed by atoms with E-state index in [0.717, 1.165) is 16.7 Å². The van der Waals surface area contributed by atoms with Crippen molar-refractivity contribution in [3.63, 3.8) is 0 Å². The van der Waals surface area contributed by atoms with Crippen LogP contribution >= 0.6 is 0 Å².